The van der Waals surface area contributed by atoms with E-state index < -0.39 is 0 Å². The van der Waals surface area contributed by atoms with Crippen LogP contribution >= 0.6 is 11.3 Å². The van der Waals surface area contributed by atoms with Crippen molar-refractivity contribution in [3.05, 3.63) is 40.7 Å². The van der Waals surface area contributed by atoms with Gasteiger partial charge in [-0.15, -0.1) is 11.3 Å². The first kappa shape index (κ1) is 12.1. The van der Waals surface area contributed by atoms with Crippen LogP contribution in [0, 0.1) is 0 Å². The fraction of sp³-hybridized carbons (Fsp3) is 0.308. The van der Waals surface area contributed by atoms with Gasteiger partial charge in [-0.05, 0) is 12.0 Å². The van der Waals surface area contributed by atoms with E-state index in [2.05, 4.69) is 40.3 Å². The van der Waals surface area contributed by atoms with Gasteiger partial charge < -0.3 is 5.32 Å². The van der Waals surface area contributed by atoms with E-state index >= 15 is 0 Å². The molecule has 0 aromatic carbocycles. The molecular formula is C13H15N5S. The highest BCUT2D eigenvalue weighted by Gasteiger charge is 2.09. The van der Waals surface area contributed by atoms with E-state index in [0.29, 0.717) is 12.5 Å². The van der Waals surface area contributed by atoms with Gasteiger partial charge in [0, 0.05) is 24.0 Å². The van der Waals surface area contributed by atoms with Gasteiger partial charge in [-0.25, -0.2) is 14.5 Å². The summed E-state index contributed by atoms with van der Waals surface area (Å²) in [7, 11) is 0. The maximum Gasteiger partial charge on any atom is 0.152 e. The van der Waals surface area contributed by atoms with Crippen LogP contribution in [0.2, 0.25) is 0 Å². The molecule has 0 unspecified atom stereocenters. The van der Waals surface area contributed by atoms with Crippen molar-refractivity contribution >= 4 is 22.7 Å². The molecule has 0 aliphatic rings. The number of fused-ring (bicyclic) bond motifs is 1. The van der Waals surface area contributed by atoms with E-state index in [1.165, 1.54) is 0 Å². The molecule has 0 radical (unpaired) electrons. The van der Waals surface area contributed by atoms with Crippen molar-refractivity contribution in [2.45, 2.75) is 26.3 Å². The second-order valence-electron chi connectivity index (χ2n) is 4.61. The summed E-state index contributed by atoms with van der Waals surface area (Å²) in [5.41, 5.74) is 2.08. The quantitative estimate of drug-likeness (QED) is 0.794. The highest BCUT2D eigenvalue weighted by atomic mass is 32.1. The molecule has 3 heterocycles. The topological polar surface area (TPSA) is 55.1 Å². The molecule has 0 atom stereocenters. The third kappa shape index (κ3) is 2.44. The zero-order valence-electron chi connectivity index (χ0n) is 10.9. The lowest BCUT2D eigenvalue weighted by Gasteiger charge is -2.04. The minimum Gasteiger partial charge on any atom is -0.362 e. The molecule has 6 heteroatoms. The first-order chi connectivity index (χ1) is 9.24. The number of rotatable bonds is 4. The molecule has 0 saturated carbocycles. The van der Waals surface area contributed by atoms with Crippen LogP contribution in [0.3, 0.4) is 0 Å². The van der Waals surface area contributed by atoms with Gasteiger partial charge in [-0.2, -0.15) is 5.10 Å². The highest BCUT2D eigenvalue weighted by molar-refractivity contribution is 7.09. The van der Waals surface area contributed by atoms with Crippen molar-refractivity contribution in [3.8, 4) is 0 Å². The molecule has 0 bridgehead atoms. The Labute approximate surface area is 115 Å². The maximum atomic E-state index is 4.54. The molecule has 19 heavy (non-hydrogen) atoms. The Balaban J connectivity index is 1.90. The molecule has 5 nitrogen and oxygen atoms in total. The number of thiazole rings is 1. The lowest BCUT2D eigenvalue weighted by molar-refractivity contribution is 0.787. The Bertz CT molecular complexity index is 671. The van der Waals surface area contributed by atoms with Crippen LogP contribution in [0.5, 0.6) is 0 Å². The van der Waals surface area contributed by atoms with Gasteiger partial charge in [0.1, 0.15) is 10.5 Å². The Morgan fingerprint density at radius 1 is 1.32 bits per heavy atom. The summed E-state index contributed by atoms with van der Waals surface area (Å²) in [6.45, 7) is 4.96. The van der Waals surface area contributed by atoms with Gasteiger partial charge in [0.2, 0.25) is 0 Å². The van der Waals surface area contributed by atoms with E-state index in [1.807, 2.05) is 22.3 Å². The second-order valence-corrected chi connectivity index (χ2v) is 5.59. The van der Waals surface area contributed by atoms with Crippen LogP contribution < -0.4 is 5.32 Å². The summed E-state index contributed by atoms with van der Waals surface area (Å²) < 4.78 is 1.87. The van der Waals surface area contributed by atoms with Crippen LogP contribution in [-0.2, 0) is 6.54 Å². The van der Waals surface area contributed by atoms with Crippen molar-refractivity contribution in [1.82, 2.24) is 19.6 Å². The van der Waals surface area contributed by atoms with E-state index in [-0.39, 0.29) is 0 Å². The van der Waals surface area contributed by atoms with Crippen molar-refractivity contribution in [2.75, 3.05) is 5.32 Å². The molecule has 0 fully saturated rings. The Morgan fingerprint density at radius 2 is 2.21 bits per heavy atom. The summed E-state index contributed by atoms with van der Waals surface area (Å²) in [4.78, 5) is 8.63. The first-order valence-corrected chi connectivity index (χ1v) is 7.08. The van der Waals surface area contributed by atoms with Crippen LogP contribution in [-0.4, -0.2) is 19.6 Å². The van der Waals surface area contributed by atoms with Crippen molar-refractivity contribution in [2.24, 2.45) is 0 Å². The summed E-state index contributed by atoms with van der Waals surface area (Å²) in [5, 5.41) is 10.9. The Hall–Kier alpha value is -1.95. The van der Waals surface area contributed by atoms with Crippen molar-refractivity contribution in [1.29, 1.82) is 0 Å². The molecule has 3 aromatic rings. The summed E-state index contributed by atoms with van der Waals surface area (Å²) in [5.74, 6) is 1.25. The van der Waals surface area contributed by atoms with Crippen molar-refractivity contribution in [3.63, 3.8) is 0 Å². The summed E-state index contributed by atoms with van der Waals surface area (Å²) >= 11 is 1.63. The average Bonchev–Trinajstić information content (AvgIpc) is 3.05. The third-order valence-corrected chi connectivity index (χ3v) is 3.67. The Morgan fingerprint density at radius 3 is 2.95 bits per heavy atom. The summed E-state index contributed by atoms with van der Waals surface area (Å²) in [6, 6.07) is 2.09. The molecule has 3 aromatic heterocycles. The smallest absolute Gasteiger partial charge is 0.152 e. The van der Waals surface area contributed by atoms with E-state index in [0.717, 1.165) is 22.0 Å². The number of hydrogen-bond donors (Lipinski definition) is 1. The zero-order chi connectivity index (χ0) is 13.2. The van der Waals surface area contributed by atoms with Crippen molar-refractivity contribution < 1.29 is 0 Å². The average molecular weight is 273 g/mol. The predicted molar refractivity (Wildman–Crippen MR) is 76.5 cm³/mol. The molecule has 98 valence electrons. The van der Waals surface area contributed by atoms with Gasteiger partial charge in [0.15, 0.2) is 5.82 Å². The van der Waals surface area contributed by atoms with Gasteiger partial charge in [-0.3, -0.25) is 0 Å². The largest absolute Gasteiger partial charge is 0.362 e. The molecule has 1 N–H and O–H groups in total. The molecule has 0 saturated heterocycles. The number of hydrogen-bond acceptors (Lipinski definition) is 5. The van der Waals surface area contributed by atoms with Crippen LogP contribution in [0.15, 0.2) is 30.0 Å². The van der Waals surface area contributed by atoms with E-state index in [4.69, 9.17) is 0 Å². The fourth-order valence-electron chi connectivity index (χ4n) is 1.86. The minimum atomic E-state index is 0.409. The SMILES string of the molecule is CC(C)c1cc2c(NCc3nccs3)nccn2n1. The number of nitrogens with zero attached hydrogens (tertiary/aromatic N) is 4. The van der Waals surface area contributed by atoms with E-state index in [9.17, 15) is 0 Å². The van der Waals surface area contributed by atoms with Gasteiger partial charge in [0.25, 0.3) is 0 Å². The predicted octanol–water partition coefficient (Wildman–Crippen LogP) is 2.92. The minimum absolute atomic E-state index is 0.409. The summed E-state index contributed by atoms with van der Waals surface area (Å²) in [6.07, 6.45) is 5.44. The molecule has 0 aliphatic carbocycles. The van der Waals surface area contributed by atoms with Crippen LogP contribution in [0.4, 0.5) is 5.82 Å². The molecule has 3 rings (SSSR count). The number of anilines is 1. The highest BCUT2D eigenvalue weighted by Crippen LogP contribution is 2.20. The van der Waals surface area contributed by atoms with Gasteiger partial charge >= 0.3 is 0 Å². The molecule has 0 amide bonds. The second kappa shape index (κ2) is 4.97. The fourth-order valence-corrected chi connectivity index (χ4v) is 2.41. The van der Waals surface area contributed by atoms with Crippen LogP contribution in [0.25, 0.3) is 5.52 Å². The lowest BCUT2D eigenvalue weighted by atomic mass is 10.1. The normalized spacial score (nSPS) is 11.3. The maximum absolute atomic E-state index is 4.54. The zero-order valence-corrected chi connectivity index (χ0v) is 11.7. The lowest BCUT2D eigenvalue weighted by Crippen LogP contribution is -2.03. The van der Waals surface area contributed by atoms with Gasteiger partial charge in [0.05, 0.1) is 12.2 Å². The van der Waals surface area contributed by atoms with E-state index in [1.54, 1.807) is 17.5 Å². The van der Waals surface area contributed by atoms with Gasteiger partial charge in [-0.1, -0.05) is 13.8 Å². The van der Waals surface area contributed by atoms with Crippen LogP contribution in [0.1, 0.15) is 30.5 Å². The number of aromatic nitrogens is 4. The Kier molecular flexibility index (Phi) is 3.16. The number of nitrogens with one attached hydrogen (secondary N) is 1. The third-order valence-electron chi connectivity index (χ3n) is 2.89. The molecule has 0 spiro atoms. The molecule has 0 aliphatic heterocycles. The monoisotopic (exact) mass is 273 g/mol. The standard InChI is InChI=1S/C13H15N5S/c1-9(2)10-7-11-13(15-3-5-18(11)17-10)16-8-12-14-4-6-19-12/h3-7,9H,8H2,1-2H3,(H,15,16). The molecular weight excluding hydrogens is 258 g/mol. The first-order valence-electron chi connectivity index (χ1n) is 6.20.